The van der Waals surface area contributed by atoms with Crippen LogP contribution in [0, 0.1) is 0 Å². The van der Waals surface area contributed by atoms with Crippen LogP contribution in [-0.2, 0) is 0 Å². The molecule has 0 N–H and O–H groups in total. The summed E-state index contributed by atoms with van der Waals surface area (Å²) < 4.78 is 1.61. The number of benzene rings is 1. The van der Waals surface area contributed by atoms with Crippen molar-refractivity contribution in [3.8, 4) is 5.69 Å². The predicted molar refractivity (Wildman–Crippen MR) is 91.5 cm³/mol. The number of carbonyl (C=O) groups is 1. The Morgan fingerprint density at radius 1 is 1.00 bits per heavy atom. The zero-order chi connectivity index (χ0) is 17.1. The van der Waals surface area contributed by atoms with Crippen molar-refractivity contribution < 1.29 is 4.79 Å². The number of aromatic nitrogens is 5. The van der Waals surface area contributed by atoms with Crippen molar-refractivity contribution in [2.45, 2.75) is 0 Å². The van der Waals surface area contributed by atoms with Crippen LogP contribution in [-0.4, -0.2) is 61.9 Å². The number of carbonyl (C=O) groups excluding carboxylic acids is 1. The molecule has 1 fully saturated rings. The SMILES string of the molecule is O=C(c1cn(-c2ccccc2)nn1)N1CCN(c2cnccn2)CC1. The van der Waals surface area contributed by atoms with Crippen molar-refractivity contribution in [1.82, 2.24) is 29.9 Å². The smallest absolute Gasteiger partial charge is 0.276 e. The first-order valence-corrected chi connectivity index (χ1v) is 8.09. The fourth-order valence-corrected chi connectivity index (χ4v) is 2.82. The highest BCUT2D eigenvalue weighted by Gasteiger charge is 2.24. The van der Waals surface area contributed by atoms with Crippen molar-refractivity contribution in [2.75, 3.05) is 31.1 Å². The zero-order valence-corrected chi connectivity index (χ0v) is 13.6. The van der Waals surface area contributed by atoms with Crippen LogP contribution in [0.25, 0.3) is 5.69 Å². The Hall–Kier alpha value is -3.29. The van der Waals surface area contributed by atoms with Gasteiger partial charge in [-0.15, -0.1) is 5.10 Å². The minimum Gasteiger partial charge on any atom is -0.352 e. The van der Waals surface area contributed by atoms with E-state index in [9.17, 15) is 4.79 Å². The number of anilines is 1. The number of nitrogens with zero attached hydrogens (tertiary/aromatic N) is 7. The van der Waals surface area contributed by atoms with Gasteiger partial charge < -0.3 is 9.80 Å². The molecule has 1 amide bonds. The molecule has 0 atom stereocenters. The van der Waals surface area contributed by atoms with Crippen LogP contribution >= 0.6 is 0 Å². The second-order valence-electron chi connectivity index (χ2n) is 5.73. The van der Waals surface area contributed by atoms with Gasteiger partial charge in [-0.1, -0.05) is 23.4 Å². The van der Waals surface area contributed by atoms with Crippen LogP contribution in [0.3, 0.4) is 0 Å². The molecular formula is C17H17N7O. The third-order valence-electron chi connectivity index (χ3n) is 4.17. The quantitative estimate of drug-likeness (QED) is 0.711. The molecule has 0 unspecified atom stereocenters. The van der Waals surface area contributed by atoms with E-state index < -0.39 is 0 Å². The Balaban J connectivity index is 1.42. The minimum absolute atomic E-state index is 0.0963. The standard InChI is InChI=1S/C17H17N7O/c25-17(15-13-24(21-20-15)14-4-2-1-3-5-14)23-10-8-22(9-11-23)16-12-18-6-7-19-16/h1-7,12-13H,8-11H2. The van der Waals surface area contributed by atoms with Gasteiger partial charge in [0.05, 0.1) is 18.1 Å². The number of hydrogen-bond donors (Lipinski definition) is 0. The molecule has 0 radical (unpaired) electrons. The van der Waals surface area contributed by atoms with Crippen molar-refractivity contribution in [1.29, 1.82) is 0 Å². The average molecular weight is 335 g/mol. The molecule has 2 aromatic heterocycles. The van der Waals surface area contributed by atoms with Gasteiger partial charge in [-0.25, -0.2) is 9.67 Å². The lowest BCUT2D eigenvalue weighted by Crippen LogP contribution is -2.49. The lowest BCUT2D eigenvalue weighted by Gasteiger charge is -2.34. The number of amides is 1. The minimum atomic E-state index is -0.0963. The Morgan fingerprint density at radius 2 is 1.80 bits per heavy atom. The molecule has 3 heterocycles. The van der Waals surface area contributed by atoms with Crippen molar-refractivity contribution in [2.24, 2.45) is 0 Å². The summed E-state index contributed by atoms with van der Waals surface area (Å²) in [6.45, 7) is 2.68. The van der Waals surface area contributed by atoms with Gasteiger partial charge in [0, 0.05) is 38.6 Å². The summed E-state index contributed by atoms with van der Waals surface area (Å²) in [5.41, 5.74) is 1.23. The number of para-hydroxylation sites is 1. The van der Waals surface area contributed by atoms with Gasteiger partial charge in [0.2, 0.25) is 0 Å². The van der Waals surface area contributed by atoms with E-state index in [0.29, 0.717) is 18.8 Å². The zero-order valence-electron chi connectivity index (χ0n) is 13.6. The molecule has 0 aliphatic carbocycles. The molecule has 1 aliphatic heterocycles. The van der Waals surface area contributed by atoms with Gasteiger partial charge in [-0.2, -0.15) is 0 Å². The normalized spacial score (nSPS) is 14.6. The third kappa shape index (κ3) is 3.18. The van der Waals surface area contributed by atoms with Gasteiger partial charge in [0.25, 0.3) is 5.91 Å². The topological polar surface area (TPSA) is 80.0 Å². The number of rotatable bonds is 3. The lowest BCUT2D eigenvalue weighted by molar-refractivity contribution is 0.0740. The fraction of sp³-hybridized carbons (Fsp3) is 0.235. The van der Waals surface area contributed by atoms with E-state index in [4.69, 9.17) is 0 Å². The van der Waals surface area contributed by atoms with Crippen LogP contribution in [0.2, 0.25) is 0 Å². The molecule has 1 aliphatic rings. The maximum Gasteiger partial charge on any atom is 0.276 e. The summed E-state index contributed by atoms with van der Waals surface area (Å²) in [4.78, 5) is 25.0. The van der Waals surface area contributed by atoms with Gasteiger partial charge in [0.1, 0.15) is 5.82 Å². The van der Waals surface area contributed by atoms with Gasteiger partial charge in [0.15, 0.2) is 5.69 Å². The largest absolute Gasteiger partial charge is 0.352 e. The highest BCUT2D eigenvalue weighted by atomic mass is 16.2. The maximum atomic E-state index is 12.7. The molecule has 0 spiro atoms. The predicted octanol–water partition coefficient (Wildman–Crippen LogP) is 1.02. The van der Waals surface area contributed by atoms with E-state index in [1.807, 2.05) is 30.3 Å². The monoisotopic (exact) mass is 335 g/mol. The Bertz CT molecular complexity index is 842. The Morgan fingerprint density at radius 3 is 2.52 bits per heavy atom. The summed E-state index contributed by atoms with van der Waals surface area (Å²) in [6.07, 6.45) is 6.74. The number of hydrogen-bond acceptors (Lipinski definition) is 6. The summed E-state index contributed by atoms with van der Waals surface area (Å²) in [5, 5.41) is 8.09. The molecule has 4 rings (SSSR count). The highest BCUT2D eigenvalue weighted by Crippen LogP contribution is 2.13. The summed E-state index contributed by atoms with van der Waals surface area (Å²) in [7, 11) is 0. The fourth-order valence-electron chi connectivity index (χ4n) is 2.82. The molecule has 0 saturated carbocycles. The molecular weight excluding hydrogens is 318 g/mol. The van der Waals surface area contributed by atoms with E-state index >= 15 is 0 Å². The number of piperazine rings is 1. The molecule has 0 bridgehead atoms. The first-order chi connectivity index (χ1) is 12.3. The van der Waals surface area contributed by atoms with Crippen LogP contribution in [0.15, 0.2) is 55.1 Å². The van der Waals surface area contributed by atoms with E-state index in [2.05, 4.69) is 25.2 Å². The molecule has 1 aromatic carbocycles. The lowest BCUT2D eigenvalue weighted by atomic mass is 10.3. The van der Waals surface area contributed by atoms with Crippen molar-refractivity contribution in [3.63, 3.8) is 0 Å². The van der Waals surface area contributed by atoms with E-state index in [1.54, 1.807) is 34.4 Å². The van der Waals surface area contributed by atoms with E-state index in [0.717, 1.165) is 24.6 Å². The molecule has 25 heavy (non-hydrogen) atoms. The average Bonchev–Trinajstić information content (AvgIpc) is 3.19. The maximum absolute atomic E-state index is 12.7. The molecule has 8 nitrogen and oxygen atoms in total. The summed E-state index contributed by atoms with van der Waals surface area (Å²) >= 11 is 0. The molecule has 1 saturated heterocycles. The van der Waals surface area contributed by atoms with Crippen molar-refractivity contribution in [3.05, 3.63) is 60.8 Å². The van der Waals surface area contributed by atoms with Gasteiger partial charge in [-0.3, -0.25) is 9.78 Å². The van der Waals surface area contributed by atoms with Crippen LogP contribution in [0.1, 0.15) is 10.5 Å². The first kappa shape index (κ1) is 15.3. The van der Waals surface area contributed by atoms with Crippen LogP contribution < -0.4 is 4.90 Å². The molecule has 126 valence electrons. The summed E-state index contributed by atoms with van der Waals surface area (Å²) in [6, 6.07) is 9.61. The molecule has 3 aromatic rings. The second-order valence-corrected chi connectivity index (χ2v) is 5.73. The second kappa shape index (κ2) is 6.68. The molecule has 8 heteroatoms. The highest BCUT2D eigenvalue weighted by molar-refractivity contribution is 5.92. The van der Waals surface area contributed by atoms with E-state index in [-0.39, 0.29) is 5.91 Å². The van der Waals surface area contributed by atoms with Gasteiger partial charge >= 0.3 is 0 Å². The Labute approximate surface area is 144 Å². The summed E-state index contributed by atoms with van der Waals surface area (Å²) in [5.74, 6) is 0.741. The Kier molecular flexibility index (Phi) is 4.07. The van der Waals surface area contributed by atoms with Gasteiger partial charge in [-0.05, 0) is 12.1 Å². The van der Waals surface area contributed by atoms with Crippen molar-refractivity contribution >= 4 is 11.7 Å². The third-order valence-corrected chi connectivity index (χ3v) is 4.17. The first-order valence-electron chi connectivity index (χ1n) is 8.09. The van der Waals surface area contributed by atoms with E-state index in [1.165, 1.54) is 0 Å². The van der Waals surface area contributed by atoms with Crippen LogP contribution in [0.4, 0.5) is 5.82 Å². The van der Waals surface area contributed by atoms with Crippen LogP contribution in [0.5, 0.6) is 0 Å².